The second kappa shape index (κ2) is 9.36. The molecule has 0 spiro atoms. The van der Waals surface area contributed by atoms with Crippen LogP contribution in [0.1, 0.15) is 30.5 Å². The molecule has 2 aromatic carbocycles. The van der Waals surface area contributed by atoms with Crippen LogP contribution in [0.2, 0.25) is 0 Å². The maximum atomic E-state index is 12.9. The standard InChI is InChI=1S/C27H22F3O4P/c1-15-16(2)24-22(26(32)34-4)21(25(31)33-3)23(15)35(24)20-8-6-5-7-18(20)12-9-17-10-13-19(14-11-17)27(28,29)30/h5-8,10-11,13-14,23-24H,1-4H3. The van der Waals surface area contributed by atoms with Gasteiger partial charge < -0.3 is 9.47 Å². The maximum absolute atomic E-state index is 12.9. The molecule has 2 atom stereocenters. The number of methoxy groups -OCH3 is 2. The number of hydrogen-bond donors (Lipinski definition) is 0. The van der Waals surface area contributed by atoms with E-state index in [0.29, 0.717) is 22.3 Å². The number of allylic oxidation sites excluding steroid dienone is 2. The van der Waals surface area contributed by atoms with Crippen LogP contribution in [-0.4, -0.2) is 37.5 Å². The molecule has 0 saturated carbocycles. The number of carbonyl (C=O) groups is 2. The van der Waals surface area contributed by atoms with Gasteiger partial charge in [-0.2, -0.15) is 13.2 Å². The fourth-order valence-corrected chi connectivity index (χ4v) is 8.44. The first-order valence-corrected chi connectivity index (χ1v) is 12.2. The zero-order valence-electron chi connectivity index (χ0n) is 19.5. The normalized spacial score (nSPS) is 21.1. The molecule has 4 nitrogen and oxygen atoms in total. The van der Waals surface area contributed by atoms with Gasteiger partial charge in [0.1, 0.15) is 0 Å². The number of esters is 2. The first-order valence-electron chi connectivity index (χ1n) is 10.7. The highest BCUT2D eigenvalue weighted by Crippen LogP contribution is 2.67. The lowest BCUT2D eigenvalue weighted by molar-refractivity contribution is -0.139. The molecule has 0 aliphatic carbocycles. The zero-order valence-corrected chi connectivity index (χ0v) is 20.4. The predicted octanol–water partition coefficient (Wildman–Crippen LogP) is 4.96. The number of ether oxygens (including phenoxy) is 2. The Morgan fingerprint density at radius 3 is 1.83 bits per heavy atom. The summed E-state index contributed by atoms with van der Waals surface area (Å²) >= 11 is 0. The van der Waals surface area contributed by atoms with Crippen LogP contribution >= 0.6 is 7.92 Å². The van der Waals surface area contributed by atoms with E-state index in [9.17, 15) is 22.8 Å². The Bertz CT molecular complexity index is 1280. The van der Waals surface area contributed by atoms with Gasteiger partial charge in [-0.3, -0.25) is 0 Å². The first-order chi connectivity index (χ1) is 16.6. The van der Waals surface area contributed by atoms with E-state index in [0.717, 1.165) is 28.6 Å². The van der Waals surface area contributed by atoms with Crippen molar-refractivity contribution in [3.63, 3.8) is 0 Å². The lowest BCUT2D eigenvalue weighted by Crippen LogP contribution is -2.24. The molecule has 2 bridgehead atoms. The summed E-state index contributed by atoms with van der Waals surface area (Å²) in [6.07, 6.45) is -4.41. The Morgan fingerprint density at radius 1 is 0.829 bits per heavy atom. The first kappa shape index (κ1) is 24.8. The third-order valence-electron chi connectivity index (χ3n) is 6.38. The molecule has 0 amide bonds. The molecule has 0 saturated heterocycles. The van der Waals surface area contributed by atoms with Crippen LogP contribution in [0.5, 0.6) is 0 Å². The van der Waals surface area contributed by atoms with Crippen LogP contribution in [0.25, 0.3) is 0 Å². The zero-order chi connectivity index (χ0) is 25.5. The van der Waals surface area contributed by atoms with E-state index in [1.165, 1.54) is 26.4 Å². The average Bonchev–Trinajstić information content (AvgIpc) is 3.32. The van der Waals surface area contributed by atoms with Gasteiger partial charge in [0.05, 0.1) is 30.9 Å². The lowest BCUT2D eigenvalue weighted by atomic mass is 9.87. The highest BCUT2D eigenvalue weighted by molar-refractivity contribution is 7.69. The molecule has 0 N–H and O–H groups in total. The Hall–Kier alpha value is -3.36. The van der Waals surface area contributed by atoms with E-state index in [4.69, 9.17) is 9.47 Å². The number of carbonyl (C=O) groups excluding carboxylic acids is 2. The van der Waals surface area contributed by atoms with Gasteiger partial charge in [-0.15, -0.1) is 0 Å². The fraction of sp³-hybridized carbons (Fsp3) is 0.259. The summed E-state index contributed by atoms with van der Waals surface area (Å²) in [5, 5.41) is 0.911. The van der Waals surface area contributed by atoms with E-state index in [1.54, 1.807) is 0 Å². The van der Waals surface area contributed by atoms with E-state index < -0.39 is 31.6 Å². The molecule has 2 unspecified atom stereocenters. The minimum absolute atomic E-state index is 0.300. The third-order valence-corrected chi connectivity index (χ3v) is 9.73. The Kier molecular flexibility index (Phi) is 6.62. The summed E-state index contributed by atoms with van der Waals surface area (Å²) in [5.41, 5.74) is 2.54. The number of fused-ring (bicyclic) bond motifs is 2. The maximum Gasteiger partial charge on any atom is 0.416 e. The molecule has 35 heavy (non-hydrogen) atoms. The molecule has 0 fully saturated rings. The lowest BCUT2D eigenvalue weighted by Gasteiger charge is -2.22. The highest BCUT2D eigenvalue weighted by Gasteiger charge is 2.55. The molecule has 2 aromatic rings. The number of alkyl halides is 3. The van der Waals surface area contributed by atoms with Gasteiger partial charge in [0.25, 0.3) is 0 Å². The van der Waals surface area contributed by atoms with E-state index in [1.807, 2.05) is 38.1 Å². The number of hydrogen-bond acceptors (Lipinski definition) is 4. The molecule has 180 valence electrons. The Balaban J connectivity index is 1.76. The summed E-state index contributed by atoms with van der Waals surface area (Å²) in [5.74, 6) is 4.94. The number of halogens is 3. The summed E-state index contributed by atoms with van der Waals surface area (Å²) < 4.78 is 48.6. The summed E-state index contributed by atoms with van der Waals surface area (Å²) in [6, 6.07) is 12.2. The minimum Gasteiger partial charge on any atom is -0.466 e. The van der Waals surface area contributed by atoms with Crippen LogP contribution in [0.3, 0.4) is 0 Å². The Morgan fingerprint density at radius 2 is 1.34 bits per heavy atom. The van der Waals surface area contributed by atoms with Crippen LogP contribution in [-0.2, 0) is 25.2 Å². The quantitative estimate of drug-likeness (QED) is 0.260. The highest BCUT2D eigenvalue weighted by atomic mass is 31.1. The van der Waals surface area contributed by atoms with E-state index in [2.05, 4.69) is 11.8 Å². The van der Waals surface area contributed by atoms with Gasteiger partial charge in [-0.25, -0.2) is 9.59 Å². The minimum atomic E-state index is -4.41. The fourth-order valence-electron chi connectivity index (χ4n) is 4.63. The van der Waals surface area contributed by atoms with Crippen molar-refractivity contribution < 1.29 is 32.2 Å². The van der Waals surface area contributed by atoms with Crippen molar-refractivity contribution >= 4 is 25.2 Å². The SMILES string of the molecule is COC(=O)C1=C(C(=O)OC)C2C(C)=C(C)C1P2c1ccccc1C#Cc1ccc(C(F)(F)F)cc1. The molecule has 0 radical (unpaired) electrons. The van der Waals surface area contributed by atoms with Crippen molar-refractivity contribution in [1.29, 1.82) is 0 Å². The van der Waals surface area contributed by atoms with E-state index >= 15 is 0 Å². The predicted molar refractivity (Wildman–Crippen MR) is 127 cm³/mol. The summed E-state index contributed by atoms with van der Waals surface area (Å²) in [6.45, 7) is 3.92. The van der Waals surface area contributed by atoms with Crippen molar-refractivity contribution in [2.24, 2.45) is 0 Å². The van der Waals surface area contributed by atoms with Crippen molar-refractivity contribution in [2.45, 2.75) is 31.3 Å². The van der Waals surface area contributed by atoms with E-state index in [-0.39, 0.29) is 11.3 Å². The third kappa shape index (κ3) is 4.28. The van der Waals surface area contributed by atoms with Gasteiger partial charge >= 0.3 is 18.1 Å². The van der Waals surface area contributed by atoms with Gasteiger partial charge in [0.15, 0.2) is 0 Å². The monoisotopic (exact) mass is 498 g/mol. The van der Waals surface area contributed by atoms with Crippen LogP contribution in [0, 0.1) is 11.8 Å². The molecular formula is C27H22F3O4P. The van der Waals surface area contributed by atoms with Gasteiger partial charge in [0.2, 0.25) is 0 Å². The average molecular weight is 498 g/mol. The van der Waals surface area contributed by atoms with Crippen LogP contribution in [0.4, 0.5) is 13.2 Å². The number of benzene rings is 2. The Labute approximate surface area is 202 Å². The van der Waals surface area contributed by atoms with Crippen LogP contribution in [0.15, 0.2) is 70.8 Å². The second-order valence-electron chi connectivity index (χ2n) is 8.23. The van der Waals surface area contributed by atoms with Crippen molar-refractivity contribution in [1.82, 2.24) is 0 Å². The number of rotatable bonds is 3. The molecule has 8 heteroatoms. The topological polar surface area (TPSA) is 52.6 Å². The summed E-state index contributed by atoms with van der Waals surface area (Å²) in [7, 11) is 1.46. The van der Waals surface area contributed by atoms with Crippen molar-refractivity contribution in [2.75, 3.05) is 14.2 Å². The van der Waals surface area contributed by atoms with Crippen molar-refractivity contribution in [3.8, 4) is 11.8 Å². The van der Waals surface area contributed by atoms with Crippen molar-refractivity contribution in [3.05, 3.63) is 87.5 Å². The van der Waals surface area contributed by atoms with Crippen LogP contribution < -0.4 is 5.30 Å². The molecule has 4 rings (SSSR count). The molecule has 2 heterocycles. The largest absolute Gasteiger partial charge is 0.466 e. The van der Waals surface area contributed by atoms with Gasteiger partial charge in [-0.1, -0.05) is 41.2 Å². The molecular weight excluding hydrogens is 476 g/mol. The summed E-state index contributed by atoms with van der Waals surface area (Å²) in [4.78, 5) is 25.5. The molecule has 0 aromatic heterocycles. The molecule has 2 aliphatic heterocycles. The second-order valence-corrected chi connectivity index (χ2v) is 10.6. The van der Waals surface area contributed by atoms with Gasteiger partial charge in [0, 0.05) is 22.4 Å². The van der Waals surface area contributed by atoms with Gasteiger partial charge in [-0.05, 0) is 57.4 Å². The molecule has 2 aliphatic rings. The smallest absolute Gasteiger partial charge is 0.416 e.